The maximum Gasteiger partial charge on any atom is 0.315 e. The van der Waals surface area contributed by atoms with Crippen molar-refractivity contribution in [3.05, 3.63) is 47.3 Å². The minimum Gasteiger partial charge on any atom is -0.497 e. The average Bonchev–Trinajstić information content (AvgIpc) is 2.94. The second-order valence-electron chi connectivity index (χ2n) is 6.09. The van der Waals surface area contributed by atoms with E-state index in [0.29, 0.717) is 13.2 Å². The smallest absolute Gasteiger partial charge is 0.315 e. The molecular formula is C20H27N3O4. The molecule has 146 valence electrons. The van der Waals surface area contributed by atoms with Crippen LogP contribution in [0.4, 0.5) is 4.79 Å². The fourth-order valence-corrected chi connectivity index (χ4v) is 2.89. The summed E-state index contributed by atoms with van der Waals surface area (Å²) in [5.41, 5.74) is 4.21. The molecule has 0 aliphatic heterocycles. The third-order valence-corrected chi connectivity index (χ3v) is 4.23. The maximum atomic E-state index is 11.9. The first-order chi connectivity index (χ1) is 13.0. The zero-order valence-electron chi connectivity index (χ0n) is 16.3. The third-order valence-electron chi connectivity index (χ3n) is 4.23. The number of hydrogen-bond acceptors (Lipinski definition) is 4. The molecule has 2 N–H and O–H groups in total. The number of carbonyl (C=O) groups is 2. The van der Waals surface area contributed by atoms with Gasteiger partial charge in [-0.1, -0.05) is 0 Å². The number of nitrogens with zero attached hydrogens (tertiary/aromatic N) is 1. The van der Waals surface area contributed by atoms with Gasteiger partial charge in [-0.2, -0.15) is 0 Å². The van der Waals surface area contributed by atoms with E-state index in [1.165, 1.54) is 0 Å². The first kappa shape index (κ1) is 20.4. The Morgan fingerprint density at radius 2 is 1.81 bits per heavy atom. The quantitative estimate of drug-likeness (QED) is 0.697. The summed E-state index contributed by atoms with van der Waals surface area (Å²) in [4.78, 5) is 23.2. The van der Waals surface area contributed by atoms with Crippen LogP contribution < -0.4 is 15.4 Å². The zero-order chi connectivity index (χ0) is 19.8. The van der Waals surface area contributed by atoms with Crippen molar-refractivity contribution >= 4 is 12.0 Å². The zero-order valence-corrected chi connectivity index (χ0v) is 16.3. The molecule has 0 unspecified atom stereocenters. The van der Waals surface area contributed by atoms with Crippen LogP contribution in [0.2, 0.25) is 0 Å². The molecule has 0 radical (unpaired) electrons. The first-order valence-corrected chi connectivity index (χ1v) is 8.95. The van der Waals surface area contributed by atoms with Crippen molar-refractivity contribution in [1.29, 1.82) is 0 Å². The number of ether oxygens (including phenoxy) is 2. The van der Waals surface area contributed by atoms with E-state index in [4.69, 9.17) is 9.47 Å². The molecule has 0 spiro atoms. The van der Waals surface area contributed by atoms with Gasteiger partial charge in [-0.25, -0.2) is 4.79 Å². The molecular weight excluding hydrogens is 346 g/mol. The van der Waals surface area contributed by atoms with Crippen LogP contribution in [0, 0.1) is 13.8 Å². The number of carbonyl (C=O) groups excluding carboxylic acids is 2. The molecule has 1 aromatic carbocycles. The summed E-state index contributed by atoms with van der Waals surface area (Å²) in [6.45, 7) is 6.79. The van der Waals surface area contributed by atoms with E-state index in [1.807, 2.05) is 38.1 Å². The Morgan fingerprint density at radius 1 is 1.11 bits per heavy atom. The van der Waals surface area contributed by atoms with Gasteiger partial charge in [0.1, 0.15) is 5.75 Å². The number of benzene rings is 1. The largest absolute Gasteiger partial charge is 0.497 e. The summed E-state index contributed by atoms with van der Waals surface area (Å²) < 4.78 is 12.2. The summed E-state index contributed by atoms with van der Waals surface area (Å²) in [7, 11) is 1.64. The number of rotatable bonds is 8. The summed E-state index contributed by atoms with van der Waals surface area (Å²) in [5.74, 6) is 0.489. The van der Waals surface area contributed by atoms with Gasteiger partial charge in [0.25, 0.3) is 0 Å². The first-order valence-electron chi connectivity index (χ1n) is 8.95. The van der Waals surface area contributed by atoms with E-state index in [0.717, 1.165) is 28.4 Å². The van der Waals surface area contributed by atoms with E-state index < -0.39 is 0 Å². The molecule has 2 amide bonds. The molecule has 0 saturated heterocycles. The van der Waals surface area contributed by atoms with Gasteiger partial charge in [0, 0.05) is 30.2 Å². The van der Waals surface area contributed by atoms with Gasteiger partial charge < -0.3 is 24.7 Å². The Labute approximate surface area is 159 Å². The third kappa shape index (κ3) is 5.51. The highest BCUT2D eigenvalue weighted by molar-refractivity contribution is 5.75. The Kier molecular flexibility index (Phi) is 7.28. The number of nitrogens with one attached hydrogen (secondary N) is 2. The van der Waals surface area contributed by atoms with E-state index in [1.54, 1.807) is 14.0 Å². The van der Waals surface area contributed by atoms with Crippen LogP contribution in [0.15, 0.2) is 30.3 Å². The molecule has 0 atom stereocenters. The van der Waals surface area contributed by atoms with Crippen LogP contribution in [0.3, 0.4) is 0 Å². The predicted molar refractivity (Wildman–Crippen MR) is 103 cm³/mol. The summed E-state index contributed by atoms with van der Waals surface area (Å²) in [6, 6.07) is 9.58. The number of amides is 2. The van der Waals surface area contributed by atoms with E-state index in [2.05, 4.69) is 21.3 Å². The van der Waals surface area contributed by atoms with Crippen molar-refractivity contribution in [2.45, 2.75) is 33.7 Å². The Morgan fingerprint density at radius 3 is 2.44 bits per heavy atom. The molecule has 2 rings (SSSR count). The Bertz CT molecular complexity index is 781. The molecule has 0 fully saturated rings. The van der Waals surface area contributed by atoms with Crippen molar-refractivity contribution in [2.24, 2.45) is 0 Å². The number of aryl methyl sites for hydroxylation is 1. The summed E-state index contributed by atoms with van der Waals surface area (Å²) in [6.07, 6.45) is 0.160. The van der Waals surface area contributed by atoms with Crippen LogP contribution in [0.25, 0.3) is 5.69 Å². The topological polar surface area (TPSA) is 81.6 Å². The lowest BCUT2D eigenvalue weighted by Gasteiger charge is -2.11. The summed E-state index contributed by atoms with van der Waals surface area (Å²) >= 11 is 0. The monoisotopic (exact) mass is 373 g/mol. The average molecular weight is 373 g/mol. The lowest BCUT2D eigenvalue weighted by atomic mass is 10.2. The predicted octanol–water partition coefficient (Wildman–Crippen LogP) is 2.86. The lowest BCUT2D eigenvalue weighted by Crippen LogP contribution is -2.36. The van der Waals surface area contributed by atoms with Gasteiger partial charge in [-0.15, -0.1) is 0 Å². The molecule has 1 heterocycles. The highest BCUT2D eigenvalue weighted by Crippen LogP contribution is 2.22. The molecule has 27 heavy (non-hydrogen) atoms. The van der Waals surface area contributed by atoms with E-state index in [-0.39, 0.29) is 25.0 Å². The number of esters is 1. The van der Waals surface area contributed by atoms with Crippen LogP contribution in [0.1, 0.15) is 30.3 Å². The highest BCUT2D eigenvalue weighted by atomic mass is 16.5. The number of methoxy groups -OCH3 is 1. The second-order valence-corrected chi connectivity index (χ2v) is 6.09. The maximum absolute atomic E-state index is 11.9. The Balaban J connectivity index is 1.94. The second kappa shape index (κ2) is 9.66. The fourth-order valence-electron chi connectivity index (χ4n) is 2.89. The van der Waals surface area contributed by atoms with E-state index >= 15 is 0 Å². The molecule has 7 heteroatoms. The molecule has 1 aromatic heterocycles. The minimum absolute atomic E-state index is 0.160. The van der Waals surface area contributed by atoms with Gasteiger partial charge in [0.05, 0.1) is 20.1 Å². The SMILES string of the molecule is CCOC(=O)CCNC(=O)NCc1cc(C)n(-c2ccc(OC)cc2)c1C. The fraction of sp³-hybridized carbons (Fsp3) is 0.400. The molecule has 0 aliphatic carbocycles. The van der Waals surface area contributed by atoms with E-state index in [9.17, 15) is 9.59 Å². The van der Waals surface area contributed by atoms with Gasteiger partial charge in [0.2, 0.25) is 0 Å². The molecule has 0 saturated carbocycles. The molecule has 0 bridgehead atoms. The molecule has 2 aromatic rings. The Hall–Kier alpha value is -2.96. The summed E-state index contributed by atoms with van der Waals surface area (Å²) in [5, 5.41) is 5.48. The number of urea groups is 1. The van der Waals surface area contributed by atoms with Crippen LogP contribution >= 0.6 is 0 Å². The van der Waals surface area contributed by atoms with Crippen molar-refractivity contribution < 1.29 is 19.1 Å². The van der Waals surface area contributed by atoms with Gasteiger partial charge >= 0.3 is 12.0 Å². The van der Waals surface area contributed by atoms with Gasteiger partial charge in [-0.3, -0.25) is 4.79 Å². The van der Waals surface area contributed by atoms with Crippen LogP contribution in [-0.2, 0) is 16.1 Å². The van der Waals surface area contributed by atoms with Crippen molar-refractivity contribution in [3.63, 3.8) is 0 Å². The number of hydrogen-bond donors (Lipinski definition) is 2. The highest BCUT2D eigenvalue weighted by Gasteiger charge is 2.12. The van der Waals surface area contributed by atoms with Crippen LogP contribution in [-0.4, -0.2) is 36.8 Å². The van der Waals surface area contributed by atoms with Crippen molar-refractivity contribution in [1.82, 2.24) is 15.2 Å². The molecule has 0 aliphatic rings. The minimum atomic E-state index is -0.319. The van der Waals surface area contributed by atoms with Crippen LogP contribution in [0.5, 0.6) is 5.75 Å². The number of aromatic nitrogens is 1. The van der Waals surface area contributed by atoms with Gasteiger partial charge in [0.15, 0.2) is 0 Å². The van der Waals surface area contributed by atoms with Crippen molar-refractivity contribution in [3.8, 4) is 11.4 Å². The standard InChI is InChI=1S/C20H27N3O4/c1-5-27-19(24)10-11-21-20(25)22-13-16-12-14(2)23(15(16)3)17-6-8-18(26-4)9-7-17/h6-9,12H,5,10-11,13H2,1-4H3,(H2,21,22,25). The molecule has 7 nitrogen and oxygen atoms in total. The van der Waals surface area contributed by atoms with Crippen molar-refractivity contribution in [2.75, 3.05) is 20.3 Å². The van der Waals surface area contributed by atoms with Gasteiger partial charge in [-0.05, 0) is 56.7 Å². The lowest BCUT2D eigenvalue weighted by molar-refractivity contribution is -0.142. The normalized spacial score (nSPS) is 10.4.